The molecule has 7 nitrogen and oxygen atoms in total. The van der Waals surface area contributed by atoms with E-state index in [0.29, 0.717) is 19.0 Å². The Bertz CT molecular complexity index is 842. The number of sulfonamides is 1. The van der Waals surface area contributed by atoms with Crippen LogP contribution in [0.2, 0.25) is 0 Å². The maximum absolute atomic E-state index is 11.6. The quantitative estimate of drug-likeness (QED) is 0.831. The van der Waals surface area contributed by atoms with Gasteiger partial charge >= 0.3 is 0 Å². The Labute approximate surface area is 142 Å². The first-order valence-electron chi connectivity index (χ1n) is 8.02. The van der Waals surface area contributed by atoms with Crippen LogP contribution in [0.3, 0.4) is 0 Å². The van der Waals surface area contributed by atoms with E-state index in [-0.39, 0.29) is 0 Å². The third-order valence-electron chi connectivity index (χ3n) is 4.69. The summed E-state index contributed by atoms with van der Waals surface area (Å²) in [4.78, 5) is 9.08. The van der Waals surface area contributed by atoms with E-state index in [2.05, 4.69) is 15.1 Å². The minimum Gasteiger partial charge on any atom is -0.272 e. The minimum atomic E-state index is -3.09. The van der Waals surface area contributed by atoms with Crippen LogP contribution in [0.25, 0.3) is 11.3 Å². The van der Waals surface area contributed by atoms with Gasteiger partial charge in [-0.25, -0.2) is 12.7 Å². The van der Waals surface area contributed by atoms with Crippen LogP contribution in [0.1, 0.15) is 23.5 Å². The molecule has 0 aliphatic carbocycles. The lowest BCUT2D eigenvalue weighted by Crippen LogP contribution is -2.27. The highest BCUT2D eigenvalue weighted by Gasteiger charge is 2.28. The molecule has 0 saturated carbocycles. The van der Waals surface area contributed by atoms with E-state index in [4.69, 9.17) is 0 Å². The fourth-order valence-electron chi connectivity index (χ4n) is 3.29. The van der Waals surface area contributed by atoms with E-state index >= 15 is 0 Å². The number of aromatic nitrogens is 4. The summed E-state index contributed by atoms with van der Waals surface area (Å²) in [7, 11) is -1.17. The second-order valence-electron chi connectivity index (χ2n) is 6.54. The van der Waals surface area contributed by atoms with Gasteiger partial charge in [0, 0.05) is 37.6 Å². The average molecular weight is 349 g/mol. The van der Waals surface area contributed by atoms with Crippen LogP contribution in [-0.2, 0) is 23.5 Å². The second-order valence-corrected chi connectivity index (χ2v) is 8.52. The highest BCUT2D eigenvalue weighted by molar-refractivity contribution is 7.88. The Morgan fingerprint density at radius 1 is 1.25 bits per heavy atom. The lowest BCUT2D eigenvalue weighted by atomic mass is 10.0. The average Bonchev–Trinajstić information content (AvgIpc) is 3.06. The molecule has 130 valence electrons. The van der Waals surface area contributed by atoms with Crippen molar-refractivity contribution in [2.24, 2.45) is 13.0 Å². The van der Waals surface area contributed by atoms with Crippen molar-refractivity contribution in [2.75, 3.05) is 19.3 Å². The number of hydrogen-bond acceptors (Lipinski definition) is 5. The first kappa shape index (κ1) is 17.0. The topological polar surface area (TPSA) is 81.0 Å². The van der Waals surface area contributed by atoms with E-state index in [9.17, 15) is 8.42 Å². The van der Waals surface area contributed by atoms with E-state index in [1.807, 2.05) is 25.6 Å². The molecule has 0 N–H and O–H groups in total. The summed E-state index contributed by atoms with van der Waals surface area (Å²) in [6.45, 7) is 5.16. The molecule has 0 spiro atoms. The Balaban J connectivity index is 1.72. The molecule has 0 amide bonds. The van der Waals surface area contributed by atoms with E-state index < -0.39 is 10.0 Å². The first-order chi connectivity index (χ1) is 11.3. The van der Waals surface area contributed by atoms with Crippen LogP contribution in [0.4, 0.5) is 0 Å². The monoisotopic (exact) mass is 349 g/mol. The second kappa shape index (κ2) is 6.25. The molecule has 1 fully saturated rings. The number of nitrogens with zero attached hydrogens (tertiary/aromatic N) is 5. The zero-order chi connectivity index (χ0) is 17.5. The van der Waals surface area contributed by atoms with Crippen LogP contribution in [0.15, 0.2) is 12.4 Å². The summed E-state index contributed by atoms with van der Waals surface area (Å²) in [6, 6.07) is 0. The molecule has 0 aromatic carbocycles. The number of rotatable bonds is 4. The molecule has 3 heterocycles. The van der Waals surface area contributed by atoms with Crippen molar-refractivity contribution < 1.29 is 8.42 Å². The summed E-state index contributed by atoms with van der Waals surface area (Å²) < 4.78 is 26.6. The molecule has 2 aromatic heterocycles. The zero-order valence-electron chi connectivity index (χ0n) is 14.5. The summed E-state index contributed by atoms with van der Waals surface area (Å²) in [5.41, 5.74) is 4.76. The van der Waals surface area contributed by atoms with Gasteiger partial charge in [0.2, 0.25) is 10.0 Å². The predicted molar refractivity (Wildman–Crippen MR) is 91.9 cm³/mol. The molecule has 2 aromatic rings. The number of hydrogen-bond donors (Lipinski definition) is 0. The predicted octanol–water partition coefficient (Wildman–Crippen LogP) is 1.32. The van der Waals surface area contributed by atoms with Gasteiger partial charge in [-0.05, 0) is 32.6 Å². The lowest BCUT2D eigenvalue weighted by molar-refractivity contribution is 0.459. The molecule has 1 atom stereocenters. The van der Waals surface area contributed by atoms with E-state index in [1.54, 1.807) is 16.7 Å². The fourth-order valence-corrected chi connectivity index (χ4v) is 4.21. The first-order valence-corrected chi connectivity index (χ1v) is 9.87. The molecule has 3 rings (SSSR count). The maximum Gasteiger partial charge on any atom is 0.211 e. The fraction of sp³-hybridized carbons (Fsp3) is 0.562. The standard InChI is InChI=1S/C16H23N5O2S/c1-11-16(12(2)20(3)19-11)15-9-17-14(8-18-15)7-13-5-6-21(10-13)24(4,22)23/h8-9,13H,5-7,10H2,1-4H3/t13-/m1/s1. The number of aryl methyl sites for hydroxylation is 2. The van der Waals surface area contributed by atoms with Gasteiger partial charge in [-0.1, -0.05) is 0 Å². The third kappa shape index (κ3) is 3.34. The van der Waals surface area contributed by atoms with Crippen LogP contribution in [-0.4, -0.2) is 51.8 Å². The van der Waals surface area contributed by atoms with Crippen molar-refractivity contribution in [1.82, 2.24) is 24.1 Å². The highest BCUT2D eigenvalue weighted by atomic mass is 32.2. The van der Waals surface area contributed by atoms with Crippen LogP contribution < -0.4 is 0 Å². The molecule has 0 bridgehead atoms. The summed E-state index contributed by atoms with van der Waals surface area (Å²) >= 11 is 0. The Morgan fingerprint density at radius 2 is 2.00 bits per heavy atom. The normalized spacial score (nSPS) is 19.1. The van der Waals surface area contributed by atoms with Crippen molar-refractivity contribution in [3.63, 3.8) is 0 Å². The van der Waals surface area contributed by atoms with Gasteiger partial charge in [-0.2, -0.15) is 5.10 Å². The van der Waals surface area contributed by atoms with Crippen molar-refractivity contribution in [1.29, 1.82) is 0 Å². The zero-order valence-corrected chi connectivity index (χ0v) is 15.3. The lowest BCUT2D eigenvalue weighted by Gasteiger charge is -2.13. The van der Waals surface area contributed by atoms with Crippen molar-refractivity contribution in [2.45, 2.75) is 26.7 Å². The van der Waals surface area contributed by atoms with Gasteiger partial charge < -0.3 is 0 Å². The van der Waals surface area contributed by atoms with Crippen LogP contribution in [0.5, 0.6) is 0 Å². The van der Waals surface area contributed by atoms with E-state index in [0.717, 1.165) is 41.2 Å². The summed E-state index contributed by atoms with van der Waals surface area (Å²) in [5, 5.41) is 4.41. The van der Waals surface area contributed by atoms with Gasteiger partial charge in [0.15, 0.2) is 0 Å². The van der Waals surface area contributed by atoms with E-state index in [1.165, 1.54) is 6.26 Å². The molecule has 8 heteroatoms. The van der Waals surface area contributed by atoms with Gasteiger partial charge in [-0.15, -0.1) is 0 Å². The molecule has 0 unspecified atom stereocenters. The highest BCUT2D eigenvalue weighted by Crippen LogP contribution is 2.25. The summed E-state index contributed by atoms with van der Waals surface area (Å²) in [5.74, 6) is 0.307. The van der Waals surface area contributed by atoms with Gasteiger partial charge in [0.25, 0.3) is 0 Å². The molecular weight excluding hydrogens is 326 g/mol. The molecule has 1 saturated heterocycles. The SMILES string of the molecule is Cc1nn(C)c(C)c1-c1cnc(C[C@H]2CCN(S(C)(=O)=O)C2)cn1. The Hall–Kier alpha value is -1.80. The molecular formula is C16H23N5O2S. The van der Waals surface area contributed by atoms with Crippen LogP contribution in [0, 0.1) is 19.8 Å². The van der Waals surface area contributed by atoms with Crippen LogP contribution >= 0.6 is 0 Å². The Morgan fingerprint density at radius 3 is 2.50 bits per heavy atom. The largest absolute Gasteiger partial charge is 0.272 e. The molecule has 0 radical (unpaired) electrons. The molecule has 1 aliphatic rings. The van der Waals surface area contributed by atoms with Crippen molar-refractivity contribution in [3.8, 4) is 11.3 Å². The smallest absolute Gasteiger partial charge is 0.211 e. The van der Waals surface area contributed by atoms with Gasteiger partial charge in [0.1, 0.15) is 0 Å². The van der Waals surface area contributed by atoms with Gasteiger partial charge in [-0.3, -0.25) is 14.6 Å². The van der Waals surface area contributed by atoms with Crippen molar-refractivity contribution in [3.05, 3.63) is 29.5 Å². The van der Waals surface area contributed by atoms with Crippen molar-refractivity contribution >= 4 is 10.0 Å². The van der Waals surface area contributed by atoms with Gasteiger partial charge in [0.05, 0.1) is 29.5 Å². The summed E-state index contributed by atoms with van der Waals surface area (Å²) in [6.07, 6.45) is 6.48. The minimum absolute atomic E-state index is 0.307. The maximum atomic E-state index is 11.6. The molecule has 1 aliphatic heterocycles. The Kier molecular flexibility index (Phi) is 4.44. The molecule has 24 heavy (non-hydrogen) atoms. The third-order valence-corrected chi connectivity index (χ3v) is 5.96.